The van der Waals surface area contributed by atoms with Crippen molar-refractivity contribution in [1.29, 1.82) is 0 Å². The molecule has 1 aliphatic rings. The standard InChI is InChI=1S/C20H17N5OS2/c26-19(24-11-3-6-14-5-1-2-7-15(14)24)13-28-18-10-9-17-21-22-20(25(17)23-18)16-8-4-12-27-16/h1-2,4-5,7-10,12H,3,6,11,13H2. The summed E-state index contributed by atoms with van der Waals surface area (Å²) in [6.07, 6.45) is 2.03. The molecule has 5 rings (SSSR count). The number of rotatable bonds is 4. The van der Waals surface area contributed by atoms with Crippen LogP contribution in [0.3, 0.4) is 0 Å². The first-order valence-corrected chi connectivity index (χ1v) is 10.9. The van der Waals surface area contributed by atoms with E-state index in [1.165, 1.54) is 17.3 Å². The Labute approximate surface area is 170 Å². The lowest BCUT2D eigenvalue weighted by Gasteiger charge is -2.29. The third kappa shape index (κ3) is 3.18. The minimum Gasteiger partial charge on any atom is -0.311 e. The summed E-state index contributed by atoms with van der Waals surface area (Å²) in [5, 5.41) is 15.9. The first kappa shape index (κ1) is 17.4. The van der Waals surface area contributed by atoms with Gasteiger partial charge in [0.1, 0.15) is 5.03 Å². The smallest absolute Gasteiger partial charge is 0.237 e. The molecule has 1 aromatic carbocycles. The number of hydrogen-bond donors (Lipinski definition) is 0. The second kappa shape index (κ2) is 7.37. The van der Waals surface area contributed by atoms with Crippen molar-refractivity contribution in [2.24, 2.45) is 0 Å². The predicted octanol–water partition coefficient (Wildman–Crippen LogP) is 3.92. The molecule has 3 aromatic heterocycles. The number of thiophene rings is 1. The van der Waals surface area contributed by atoms with Crippen molar-refractivity contribution in [3.8, 4) is 10.7 Å². The van der Waals surface area contributed by atoms with Crippen LogP contribution < -0.4 is 4.90 Å². The molecule has 0 saturated heterocycles. The van der Waals surface area contributed by atoms with Crippen molar-refractivity contribution >= 4 is 40.3 Å². The lowest BCUT2D eigenvalue weighted by Crippen LogP contribution is -2.36. The molecule has 0 fully saturated rings. The molecular weight excluding hydrogens is 390 g/mol. The number of benzene rings is 1. The van der Waals surface area contributed by atoms with E-state index in [2.05, 4.69) is 21.4 Å². The molecule has 0 aliphatic carbocycles. The molecule has 0 radical (unpaired) electrons. The zero-order valence-corrected chi connectivity index (χ0v) is 16.6. The van der Waals surface area contributed by atoms with Crippen LogP contribution in [0.4, 0.5) is 5.69 Å². The molecule has 4 heterocycles. The van der Waals surface area contributed by atoms with E-state index in [0.717, 1.165) is 40.8 Å². The third-order valence-corrected chi connectivity index (χ3v) is 6.51. The van der Waals surface area contributed by atoms with Crippen molar-refractivity contribution in [2.45, 2.75) is 17.9 Å². The van der Waals surface area contributed by atoms with E-state index >= 15 is 0 Å². The Hall–Kier alpha value is -2.71. The second-order valence-corrected chi connectivity index (χ2v) is 8.45. The molecule has 0 N–H and O–H groups in total. The molecule has 0 spiro atoms. The fourth-order valence-electron chi connectivity index (χ4n) is 3.41. The van der Waals surface area contributed by atoms with Gasteiger partial charge in [0.2, 0.25) is 5.91 Å². The third-order valence-electron chi connectivity index (χ3n) is 4.73. The molecule has 1 amide bonds. The molecule has 0 saturated carbocycles. The molecular formula is C20H17N5OS2. The van der Waals surface area contributed by atoms with Gasteiger partial charge in [-0.2, -0.15) is 9.61 Å². The predicted molar refractivity (Wildman–Crippen MR) is 112 cm³/mol. The van der Waals surface area contributed by atoms with Crippen LogP contribution in [0.5, 0.6) is 0 Å². The summed E-state index contributed by atoms with van der Waals surface area (Å²) in [6.45, 7) is 0.775. The molecule has 8 heteroatoms. The first-order valence-electron chi connectivity index (χ1n) is 9.07. The summed E-state index contributed by atoms with van der Waals surface area (Å²) < 4.78 is 1.74. The highest BCUT2D eigenvalue weighted by Gasteiger charge is 2.22. The SMILES string of the molecule is O=C(CSc1ccc2nnc(-c3cccs3)n2n1)N1CCCc2ccccc21. The Balaban J connectivity index is 1.35. The molecule has 0 unspecified atom stereocenters. The van der Waals surface area contributed by atoms with E-state index in [9.17, 15) is 4.79 Å². The van der Waals surface area contributed by atoms with Crippen molar-refractivity contribution in [3.63, 3.8) is 0 Å². The fourth-order valence-corrected chi connectivity index (χ4v) is 4.84. The number of nitrogens with zero attached hydrogens (tertiary/aromatic N) is 5. The van der Waals surface area contributed by atoms with E-state index in [1.807, 2.05) is 52.7 Å². The number of aromatic nitrogens is 4. The van der Waals surface area contributed by atoms with Crippen LogP contribution in [-0.4, -0.2) is 38.0 Å². The topological polar surface area (TPSA) is 63.4 Å². The number of para-hydroxylation sites is 1. The van der Waals surface area contributed by atoms with Crippen LogP contribution in [0.15, 0.2) is 58.9 Å². The van der Waals surface area contributed by atoms with Gasteiger partial charge in [-0.25, -0.2) is 0 Å². The molecule has 6 nitrogen and oxygen atoms in total. The zero-order valence-electron chi connectivity index (χ0n) is 15.0. The average Bonchev–Trinajstić information content (AvgIpc) is 3.40. The number of aryl methyl sites for hydroxylation is 1. The van der Waals surface area contributed by atoms with Crippen LogP contribution in [0.25, 0.3) is 16.3 Å². The van der Waals surface area contributed by atoms with Crippen molar-refractivity contribution < 1.29 is 4.79 Å². The van der Waals surface area contributed by atoms with Gasteiger partial charge in [0, 0.05) is 12.2 Å². The van der Waals surface area contributed by atoms with Crippen molar-refractivity contribution in [1.82, 2.24) is 19.8 Å². The number of anilines is 1. The number of carbonyl (C=O) groups excluding carboxylic acids is 1. The normalized spacial score (nSPS) is 13.6. The summed E-state index contributed by atoms with van der Waals surface area (Å²) in [6, 6.07) is 15.9. The van der Waals surface area contributed by atoms with Crippen LogP contribution in [-0.2, 0) is 11.2 Å². The lowest BCUT2D eigenvalue weighted by atomic mass is 10.0. The Morgan fingerprint density at radius 1 is 1.11 bits per heavy atom. The molecule has 4 aromatic rings. The van der Waals surface area contributed by atoms with Crippen LogP contribution in [0.1, 0.15) is 12.0 Å². The summed E-state index contributed by atoms with van der Waals surface area (Å²) in [5.74, 6) is 1.19. The summed E-state index contributed by atoms with van der Waals surface area (Å²) in [7, 11) is 0. The first-order chi connectivity index (χ1) is 13.8. The number of hydrogen-bond acceptors (Lipinski definition) is 6. The molecule has 0 atom stereocenters. The lowest BCUT2D eigenvalue weighted by molar-refractivity contribution is -0.116. The van der Waals surface area contributed by atoms with Gasteiger partial charge >= 0.3 is 0 Å². The minimum atomic E-state index is 0.112. The van der Waals surface area contributed by atoms with Crippen LogP contribution >= 0.6 is 23.1 Å². The van der Waals surface area contributed by atoms with Gasteiger partial charge in [-0.1, -0.05) is 36.0 Å². The Morgan fingerprint density at radius 3 is 2.93 bits per heavy atom. The van der Waals surface area contributed by atoms with Crippen LogP contribution in [0, 0.1) is 0 Å². The van der Waals surface area contributed by atoms with Gasteiger partial charge in [0.05, 0.1) is 10.6 Å². The molecule has 0 bridgehead atoms. The zero-order chi connectivity index (χ0) is 18.9. The Morgan fingerprint density at radius 2 is 2.04 bits per heavy atom. The Bertz CT molecular complexity index is 1140. The maximum absolute atomic E-state index is 12.8. The second-order valence-electron chi connectivity index (χ2n) is 6.51. The quantitative estimate of drug-likeness (QED) is 0.480. The fraction of sp³-hybridized carbons (Fsp3) is 0.200. The molecule has 140 valence electrons. The Kier molecular flexibility index (Phi) is 4.58. The highest BCUT2D eigenvalue weighted by atomic mass is 32.2. The van der Waals surface area contributed by atoms with Gasteiger partial charge in [0.15, 0.2) is 11.5 Å². The van der Waals surface area contributed by atoms with E-state index < -0.39 is 0 Å². The maximum Gasteiger partial charge on any atom is 0.237 e. The van der Waals surface area contributed by atoms with Crippen molar-refractivity contribution in [3.05, 3.63) is 59.5 Å². The van der Waals surface area contributed by atoms with Crippen molar-refractivity contribution in [2.75, 3.05) is 17.2 Å². The number of fused-ring (bicyclic) bond motifs is 2. The molecule has 28 heavy (non-hydrogen) atoms. The highest BCUT2D eigenvalue weighted by Crippen LogP contribution is 2.28. The van der Waals surface area contributed by atoms with Gasteiger partial charge < -0.3 is 4.90 Å². The number of thioether (sulfide) groups is 1. The monoisotopic (exact) mass is 407 g/mol. The summed E-state index contributed by atoms with van der Waals surface area (Å²) >= 11 is 3.05. The van der Waals surface area contributed by atoms with E-state index in [0.29, 0.717) is 11.4 Å². The van der Waals surface area contributed by atoms with Gasteiger partial charge in [0.25, 0.3) is 0 Å². The van der Waals surface area contributed by atoms with E-state index in [-0.39, 0.29) is 5.91 Å². The van der Waals surface area contributed by atoms with E-state index in [4.69, 9.17) is 0 Å². The minimum absolute atomic E-state index is 0.112. The summed E-state index contributed by atoms with van der Waals surface area (Å²) in [5.41, 5.74) is 2.99. The average molecular weight is 408 g/mol. The number of carbonyl (C=O) groups is 1. The molecule has 1 aliphatic heterocycles. The number of amides is 1. The summed E-state index contributed by atoms with van der Waals surface area (Å²) in [4.78, 5) is 15.8. The highest BCUT2D eigenvalue weighted by molar-refractivity contribution is 7.99. The van der Waals surface area contributed by atoms with Crippen LogP contribution in [0.2, 0.25) is 0 Å². The van der Waals surface area contributed by atoms with Gasteiger partial charge in [-0.3, -0.25) is 4.79 Å². The van der Waals surface area contributed by atoms with E-state index in [1.54, 1.807) is 15.9 Å². The van der Waals surface area contributed by atoms with Gasteiger partial charge in [-0.05, 0) is 48.1 Å². The van der Waals surface area contributed by atoms with Gasteiger partial charge in [-0.15, -0.1) is 21.5 Å². The maximum atomic E-state index is 12.8. The largest absolute Gasteiger partial charge is 0.311 e.